The third-order valence-electron chi connectivity index (χ3n) is 3.70. The van der Waals surface area contributed by atoms with Crippen LogP contribution in [0.5, 0.6) is 0 Å². The van der Waals surface area contributed by atoms with E-state index in [0.29, 0.717) is 5.56 Å². The van der Waals surface area contributed by atoms with Crippen molar-refractivity contribution >= 4 is 17.8 Å². The molecule has 1 heterocycles. The molecule has 118 valence electrons. The molecule has 1 saturated heterocycles. The molecule has 0 aromatic heterocycles. The lowest BCUT2D eigenvalue weighted by molar-refractivity contribution is -0.147. The summed E-state index contributed by atoms with van der Waals surface area (Å²) >= 11 is 0. The van der Waals surface area contributed by atoms with Crippen molar-refractivity contribution in [1.82, 2.24) is 10.2 Å². The molecule has 1 aliphatic rings. The van der Waals surface area contributed by atoms with E-state index in [1.165, 1.54) is 4.90 Å². The normalized spacial score (nSPS) is 20.7. The van der Waals surface area contributed by atoms with Crippen molar-refractivity contribution in [2.75, 3.05) is 13.1 Å². The summed E-state index contributed by atoms with van der Waals surface area (Å²) in [5.74, 6) is -1.80. The van der Waals surface area contributed by atoms with Gasteiger partial charge in [0.25, 0.3) is 5.91 Å². The summed E-state index contributed by atoms with van der Waals surface area (Å²) in [4.78, 5) is 36.3. The smallest absolute Gasteiger partial charge is 0.326 e. The van der Waals surface area contributed by atoms with Crippen molar-refractivity contribution in [3.63, 3.8) is 0 Å². The average Bonchev–Trinajstić information content (AvgIpc) is 2.90. The number of nitrogens with zero attached hydrogens (tertiary/aromatic N) is 1. The number of nitrogens with one attached hydrogen (secondary N) is 1. The summed E-state index contributed by atoms with van der Waals surface area (Å²) in [6.07, 6.45) is 0.179. The number of carboxylic acids is 1. The van der Waals surface area contributed by atoms with Gasteiger partial charge in [-0.2, -0.15) is 0 Å². The number of carbonyl (C=O) groups is 3. The zero-order chi connectivity index (χ0) is 16.3. The quantitative estimate of drug-likeness (QED) is 0.709. The van der Waals surface area contributed by atoms with Crippen LogP contribution in [0.3, 0.4) is 0 Å². The number of carboxylic acid groups (broad SMARTS) is 1. The maximum Gasteiger partial charge on any atom is 0.326 e. The molecule has 0 spiro atoms. The summed E-state index contributed by atoms with van der Waals surface area (Å²) in [7, 11) is 0. The van der Waals surface area contributed by atoms with E-state index >= 15 is 0 Å². The molecule has 7 nitrogen and oxygen atoms in total. The Labute approximate surface area is 128 Å². The molecule has 0 saturated carbocycles. The highest BCUT2D eigenvalue weighted by molar-refractivity contribution is 5.95. The van der Waals surface area contributed by atoms with Crippen molar-refractivity contribution < 1.29 is 19.5 Å². The fourth-order valence-corrected chi connectivity index (χ4v) is 2.62. The number of amides is 2. The van der Waals surface area contributed by atoms with E-state index in [1.54, 1.807) is 18.2 Å². The maximum atomic E-state index is 12.2. The van der Waals surface area contributed by atoms with Crippen LogP contribution in [0.1, 0.15) is 22.3 Å². The van der Waals surface area contributed by atoms with Crippen LogP contribution >= 0.6 is 0 Å². The van der Waals surface area contributed by atoms with Crippen molar-refractivity contribution in [1.29, 1.82) is 0 Å². The molecule has 1 aromatic rings. The van der Waals surface area contributed by atoms with E-state index < -0.39 is 24.0 Å². The van der Waals surface area contributed by atoms with Gasteiger partial charge in [-0.25, -0.2) is 4.79 Å². The zero-order valence-corrected chi connectivity index (χ0v) is 12.3. The summed E-state index contributed by atoms with van der Waals surface area (Å²) < 4.78 is 0. The molecule has 4 N–H and O–H groups in total. The standard InChI is InChI=1S/C15H19N3O4/c1-9-3-2-4-10(5-9)14(20)17-11-6-12(15(21)22)18(8-11)13(19)7-16/h2-5,11-12H,6-8,16H2,1H3,(H,17,20)(H,21,22)/t11-,12+/m1/s1. The molecule has 2 rings (SSSR count). The summed E-state index contributed by atoms with van der Waals surface area (Å²) in [5, 5.41) is 12.0. The molecule has 1 aliphatic heterocycles. The minimum atomic E-state index is -1.09. The topological polar surface area (TPSA) is 113 Å². The number of rotatable bonds is 4. The highest BCUT2D eigenvalue weighted by Gasteiger charge is 2.39. The van der Waals surface area contributed by atoms with Gasteiger partial charge in [0.1, 0.15) is 6.04 Å². The number of hydrogen-bond acceptors (Lipinski definition) is 4. The molecular weight excluding hydrogens is 286 g/mol. The molecule has 2 atom stereocenters. The van der Waals surface area contributed by atoms with E-state index in [-0.39, 0.29) is 25.4 Å². The number of aliphatic carboxylic acids is 1. The Balaban J connectivity index is 2.06. The van der Waals surface area contributed by atoms with Crippen LogP contribution in [-0.2, 0) is 9.59 Å². The second-order valence-corrected chi connectivity index (χ2v) is 5.38. The van der Waals surface area contributed by atoms with Crippen LogP contribution in [0.15, 0.2) is 24.3 Å². The first-order valence-corrected chi connectivity index (χ1v) is 7.02. The average molecular weight is 305 g/mol. The fourth-order valence-electron chi connectivity index (χ4n) is 2.62. The summed E-state index contributed by atoms with van der Waals surface area (Å²) in [6.45, 7) is 1.79. The highest BCUT2D eigenvalue weighted by atomic mass is 16.4. The van der Waals surface area contributed by atoms with Gasteiger partial charge >= 0.3 is 5.97 Å². The van der Waals surface area contributed by atoms with E-state index in [4.69, 9.17) is 5.73 Å². The van der Waals surface area contributed by atoms with Gasteiger partial charge < -0.3 is 21.1 Å². The lowest BCUT2D eigenvalue weighted by atomic mass is 10.1. The van der Waals surface area contributed by atoms with E-state index in [1.807, 2.05) is 13.0 Å². The predicted molar refractivity (Wildman–Crippen MR) is 79.2 cm³/mol. The molecule has 7 heteroatoms. The Morgan fingerprint density at radius 1 is 1.41 bits per heavy atom. The Bertz CT molecular complexity index is 602. The second kappa shape index (κ2) is 6.57. The molecular formula is C15H19N3O4. The molecule has 0 aliphatic carbocycles. The fraction of sp³-hybridized carbons (Fsp3) is 0.400. The minimum Gasteiger partial charge on any atom is -0.480 e. The lowest BCUT2D eigenvalue weighted by Gasteiger charge is -2.20. The van der Waals surface area contributed by atoms with Gasteiger partial charge in [0.15, 0.2) is 0 Å². The first-order chi connectivity index (χ1) is 10.4. The van der Waals surface area contributed by atoms with Gasteiger partial charge in [0.2, 0.25) is 5.91 Å². The molecule has 0 radical (unpaired) electrons. The zero-order valence-electron chi connectivity index (χ0n) is 12.3. The summed E-state index contributed by atoms with van der Waals surface area (Å²) in [5.41, 5.74) is 6.77. The van der Waals surface area contributed by atoms with E-state index in [2.05, 4.69) is 5.32 Å². The molecule has 22 heavy (non-hydrogen) atoms. The predicted octanol–water partition coefficient (Wildman–Crippen LogP) is -0.262. The van der Waals surface area contributed by atoms with Crippen molar-refractivity contribution in [3.05, 3.63) is 35.4 Å². The Kier molecular flexibility index (Phi) is 4.77. The van der Waals surface area contributed by atoms with Crippen LogP contribution in [0, 0.1) is 6.92 Å². The van der Waals surface area contributed by atoms with E-state index in [0.717, 1.165) is 5.56 Å². The van der Waals surface area contributed by atoms with Crippen LogP contribution in [0.25, 0.3) is 0 Å². The van der Waals surface area contributed by atoms with Crippen molar-refractivity contribution in [2.45, 2.75) is 25.4 Å². The van der Waals surface area contributed by atoms with Gasteiger partial charge in [0.05, 0.1) is 6.54 Å². The number of carbonyl (C=O) groups excluding carboxylic acids is 2. The summed E-state index contributed by atoms with van der Waals surface area (Å²) in [6, 6.07) is 5.76. The highest BCUT2D eigenvalue weighted by Crippen LogP contribution is 2.19. The third-order valence-corrected chi connectivity index (χ3v) is 3.70. The number of aryl methyl sites for hydroxylation is 1. The molecule has 0 bridgehead atoms. The number of hydrogen-bond donors (Lipinski definition) is 3. The maximum absolute atomic E-state index is 12.2. The molecule has 0 unspecified atom stereocenters. The molecule has 1 aromatic carbocycles. The Morgan fingerprint density at radius 2 is 2.14 bits per heavy atom. The van der Waals surface area contributed by atoms with Gasteiger partial charge in [-0.1, -0.05) is 17.7 Å². The largest absolute Gasteiger partial charge is 0.480 e. The Hall–Kier alpha value is -2.41. The SMILES string of the molecule is Cc1cccc(C(=O)N[C@@H]2C[C@@H](C(=O)O)N(C(=O)CN)C2)c1. The van der Waals surface area contributed by atoms with Crippen LogP contribution in [-0.4, -0.2) is 53.0 Å². The van der Waals surface area contributed by atoms with Crippen LogP contribution in [0.4, 0.5) is 0 Å². The van der Waals surface area contributed by atoms with Crippen molar-refractivity contribution in [3.8, 4) is 0 Å². The molecule has 1 fully saturated rings. The first kappa shape index (κ1) is 16.0. The first-order valence-electron chi connectivity index (χ1n) is 7.02. The van der Waals surface area contributed by atoms with Crippen LogP contribution < -0.4 is 11.1 Å². The number of likely N-dealkylation sites (tertiary alicyclic amines) is 1. The minimum absolute atomic E-state index is 0.157. The van der Waals surface area contributed by atoms with Gasteiger partial charge in [-0.3, -0.25) is 9.59 Å². The lowest BCUT2D eigenvalue weighted by Crippen LogP contribution is -2.44. The Morgan fingerprint density at radius 3 is 2.73 bits per heavy atom. The van der Waals surface area contributed by atoms with E-state index in [9.17, 15) is 19.5 Å². The third kappa shape index (κ3) is 3.43. The van der Waals surface area contributed by atoms with Gasteiger partial charge in [-0.05, 0) is 19.1 Å². The number of benzene rings is 1. The second-order valence-electron chi connectivity index (χ2n) is 5.38. The van der Waals surface area contributed by atoms with Gasteiger partial charge in [-0.15, -0.1) is 0 Å². The number of nitrogens with two attached hydrogens (primary N) is 1. The van der Waals surface area contributed by atoms with Crippen LogP contribution in [0.2, 0.25) is 0 Å². The molecule has 2 amide bonds. The van der Waals surface area contributed by atoms with Crippen molar-refractivity contribution in [2.24, 2.45) is 5.73 Å². The van der Waals surface area contributed by atoms with Gasteiger partial charge in [0, 0.05) is 24.6 Å². The monoisotopic (exact) mass is 305 g/mol.